The number of amides is 1. The Labute approximate surface area is 189 Å². The first-order chi connectivity index (χ1) is 16.0. The van der Waals surface area contributed by atoms with Gasteiger partial charge in [-0.1, -0.05) is 18.2 Å². The number of fused-ring (bicyclic) bond motifs is 1. The number of imidazole rings is 1. The summed E-state index contributed by atoms with van der Waals surface area (Å²) in [6.07, 6.45) is 1.73. The van der Waals surface area contributed by atoms with Gasteiger partial charge in [0.15, 0.2) is 5.76 Å². The van der Waals surface area contributed by atoms with Crippen LogP contribution < -0.4 is 10.1 Å². The number of carbonyl (C=O) groups excluding carboxylic acids is 1. The maximum absolute atomic E-state index is 12.5. The van der Waals surface area contributed by atoms with E-state index in [-0.39, 0.29) is 11.7 Å². The lowest BCUT2D eigenvalue weighted by Crippen LogP contribution is -2.10. The summed E-state index contributed by atoms with van der Waals surface area (Å²) in [5.41, 5.74) is 3.24. The molecule has 8 nitrogen and oxygen atoms in total. The number of carbonyl (C=O) groups is 1. The molecule has 5 rings (SSSR count). The molecule has 8 heteroatoms. The number of aromatic nitrogens is 4. The van der Waals surface area contributed by atoms with Crippen LogP contribution in [0.15, 0.2) is 71.4 Å². The molecule has 5 aromatic rings. The number of rotatable bonds is 5. The maximum Gasteiger partial charge on any atom is 0.291 e. The molecule has 0 radical (unpaired) electrons. The number of anilines is 1. The van der Waals surface area contributed by atoms with Crippen molar-refractivity contribution in [2.45, 2.75) is 20.8 Å². The lowest BCUT2D eigenvalue weighted by molar-refractivity contribution is 0.0998. The van der Waals surface area contributed by atoms with Gasteiger partial charge < -0.3 is 14.5 Å². The molecule has 0 fully saturated rings. The van der Waals surface area contributed by atoms with Crippen molar-refractivity contribution in [1.82, 2.24) is 19.5 Å². The molecule has 164 valence electrons. The largest absolute Gasteiger partial charge is 0.451 e. The Hall–Kier alpha value is -4.46. The normalized spacial score (nSPS) is 11.0. The first-order valence-electron chi connectivity index (χ1n) is 10.4. The number of ether oxygens (including phenoxy) is 1. The Bertz CT molecular complexity index is 1430. The van der Waals surface area contributed by atoms with Crippen LogP contribution in [0.1, 0.15) is 27.8 Å². The highest BCUT2D eigenvalue weighted by Gasteiger charge is 2.13. The third kappa shape index (κ3) is 4.18. The van der Waals surface area contributed by atoms with E-state index in [1.165, 1.54) is 0 Å². The zero-order valence-corrected chi connectivity index (χ0v) is 18.4. The average molecular weight is 439 g/mol. The standard InChI is InChI=1S/C25H21N5O3/c1-15-16(2)30(14-26-15)23-13-24(28-17(3)27-23)32-20-10-8-19(9-11-20)29-25(31)22-12-18-6-4-5-7-21(18)33-22/h4-14H,1-3H3,(H,29,31). The second-order valence-corrected chi connectivity index (χ2v) is 7.63. The molecule has 3 aromatic heterocycles. The van der Waals surface area contributed by atoms with Gasteiger partial charge in [-0.25, -0.2) is 9.97 Å². The summed E-state index contributed by atoms with van der Waals surface area (Å²) in [6, 6.07) is 18.0. The van der Waals surface area contributed by atoms with Gasteiger partial charge in [0.2, 0.25) is 5.88 Å². The monoisotopic (exact) mass is 439 g/mol. The van der Waals surface area contributed by atoms with Crippen LogP contribution >= 0.6 is 0 Å². The SMILES string of the molecule is Cc1nc(Oc2ccc(NC(=O)c3cc4ccccc4o3)cc2)cc(-n2cnc(C)c2C)n1. The third-order valence-electron chi connectivity index (χ3n) is 5.28. The molecule has 0 saturated carbocycles. The summed E-state index contributed by atoms with van der Waals surface area (Å²) < 4.78 is 13.4. The molecular formula is C25H21N5O3. The fraction of sp³-hybridized carbons (Fsp3) is 0.120. The van der Waals surface area contributed by atoms with Crippen molar-refractivity contribution >= 4 is 22.6 Å². The number of aryl methyl sites for hydroxylation is 2. The molecule has 0 bridgehead atoms. The number of para-hydroxylation sites is 1. The first-order valence-corrected chi connectivity index (χ1v) is 10.4. The number of hydrogen-bond acceptors (Lipinski definition) is 6. The molecule has 1 amide bonds. The molecule has 3 heterocycles. The summed E-state index contributed by atoms with van der Waals surface area (Å²) in [5, 5.41) is 3.72. The Morgan fingerprint density at radius 2 is 1.79 bits per heavy atom. The molecule has 0 saturated heterocycles. The molecular weight excluding hydrogens is 418 g/mol. The van der Waals surface area contributed by atoms with E-state index in [9.17, 15) is 4.79 Å². The molecule has 33 heavy (non-hydrogen) atoms. The van der Waals surface area contributed by atoms with Crippen LogP contribution in [-0.4, -0.2) is 25.4 Å². The number of nitrogens with one attached hydrogen (secondary N) is 1. The number of nitrogens with zero attached hydrogens (tertiary/aromatic N) is 4. The van der Waals surface area contributed by atoms with Crippen LogP contribution in [-0.2, 0) is 0 Å². The first kappa shape index (κ1) is 20.4. The maximum atomic E-state index is 12.5. The Balaban J connectivity index is 1.31. The van der Waals surface area contributed by atoms with E-state index < -0.39 is 0 Å². The Morgan fingerprint density at radius 1 is 1.00 bits per heavy atom. The van der Waals surface area contributed by atoms with E-state index in [0.717, 1.165) is 16.8 Å². The minimum atomic E-state index is -0.318. The molecule has 0 unspecified atom stereocenters. The minimum absolute atomic E-state index is 0.255. The topological polar surface area (TPSA) is 95.1 Å². The van der Waals surface area contributed by atoms with Crippen LogP contribution in [0.3, 0.4) is 0 Å². The van der Waals surface area contributed by atoms with E-state index in [2.05, 4.69) is 20.3 Å². The van der Waals surface area contributed by atoms with Crippen LogP contribution in [0.25, 0.3) is 16.8 Å². The summed E-state index contributed by atoms with van der Waals surface area (Å²) in [4.78, 5) is 25.7. The van der Waals surface area contributed by atoms with Crippen molar-refractivity contribution in [3.63, 3.8) is 0 Å². The van der Waals surface area contributed by atoms with Crippen molar-refractivity contribution in [3.8, 4) is 17.4 Å². The van der Waals surface area contributed by atoms with E-state index in [1.54, 1.807) is 42.7 Å². The molecule has 2 aromatic carbocycles. The van der Waals surface area contributed by atoms with E-state index in [0.29, 0.717) is 34.5 Å². The number of benzene rings is 2. The minimum Gasteiger partial charge on any atom is -0.451 e. The average Bonchev–Trinajstić information content (AvgIpc) is 3.38. The molecule has 0 aliphatic heterocycles. The predicted molar refractivity (Wildman–Crippen MR) is 124 cm³/mol. The van der Waals surface area contributed by atoms with Crippen molar-refractivity contribution < 1.29 is 13.9 Å². The second-order valence-electron chi connectivity index (χ2n) is 7.63. The second kappa shape index (κ2) is 8.23. The Morgan fingerprint density at radius 3 is 2.52 bits per heavy atom. The van der Waals surface area contributed by atoms with Gasteiger partial charge in [-0.05, 0) is 57.2 Å². The van der Waals surface area contributed by atoms with Crippen LogP contribution in [0.5, 0.6) is 11.6 Å². The molecule has 1 N–H and O–H groups in total. The molecule has 0 spiro atoms. The molecule has 0 aliphatic rings. The van der Waals surface area contributed by atoms with Crippen LogP contribution in [0, 0.1) is 20.8 Å². The van der Waals surface area contributed by atoms with Gasteiger partial charge in [-0.3, -0.25) is 9.36 Å². The fourth-order valence-electron chi connectivity index (χ4n) is 3.44. The predicted octanol–water partition coefficient (Wildman–Crippen LogP) is 5.38. The van der Waals surface area contributed by atoms with Gasteiger partial charge in [-0.15, -0.1) is 0 Å². The van der Waals surface area contributed by atoms with Crippen LogP contribution in [0.4, 0.5) is 5.69 Å². The Kier molecular flexibility index (Phi) is 5.10. The lowest BCUT2D eigenvalue weighted by atomic mass is 10.2. The quantitative estimate of drug-likeness (QED) is 0.395. The molecule has 0 atom stereocenters. The summed E-state index contributed by atoms with van der Waals surface area (Å²) in [5.74, 6) is 2.21. The van der Waals surface area contributed by atoms with Gasteiger partial charge >= 0.3 is 0 Å². The van der Waals surface area contributed by atoms with Crippen LogP contribution in [0.2, 0.25) is 0 Å². The highest BCUT2D eigenvalue weighted by atomic mass is 16.5. The van der Waals surface area contributed by atoms with Gasteiger partial charge in [0.25, 0.3) is 5.91 Å². The fourth-order valence-corrected chi connectivity index (χ4v) is 3.44. The lowest BCUT2D eigenvalue weighted by Gasteiger charge is -2.10. The zero-order valence-electron chi connectivity index (χ0n) is 18.4. The summed E-state index contributed by atoms with van der Waals surface area (Å²) in [6.45, 7) is 5.75. The van der Waals surface area contributed by atoms with E-state index in [4.69, 9.17) is 9.15 Å². The van der Waals surface area contributed by atoms with Crippen molar-refractivity contribution in [1.29, 1.82) is 0 Å². The van der Waals surface area contributed by atoms with Gasteiger partial charge in [0, 0.05) is 22.8 Å². The van der Waals surface area contributed by atoms with E-state index in [1.807, 2.05) is 49.6 Å². The van der Waals surface area contributed by atoms with Gasteiger partial charge in [0.1, 0.15) is 29.3 Å². The van der Waals surface area contributed by atoms with Gasteiger partial charge in [-0.2, -0.15) is 4.98 Å². The summed E-state index contributed by atoms with van der Waals surface area (Å²) >= 11 is 0. The summed E-state index contributed by atoms with van der Waals surface area (Å²) in [7, 11) is 0. The number of furan rings is 1. The third-order valence-corrected chi connectivity index (χ3v) is 5.28. The van der Waals surface area contributed by atoms with Crippen molar-refractivity contribution in [2.24, 2.45) is 0 Å². The highest BCUT2D eigenvalue weighted by molar-refractivity contribution is 6.04. The zero-order chi connectivity index (χ0) is 22.9. The number of hydrogen-bond donors (Lipinski definition) is 1. The van der Waals surface area contributed by atoms with Crippen molar-refractivity contribution in [2.75, 3.05) is 5.32 Å². The van der Waals surface area contributed by atoms with Gasteiger partial charge in [0.05, 0.1) is 5.69 Å². The smallest absolute Gasteiger partial charge is 0.291 e. The molecule has 0 aliphatic carbocycles. The van der Waals surface area contributed by atoms with Crippen molar-refractivity contribution in [3.05, 3.63) is 90.0 Å². The van der Waals surface area contributed by atoms with E-state index >= 15 is 0 Å². The highest BCUT2D eigenvalue weighted by Crippen LogP contribution is 2.25.